The molecule has 0 amide bonds. The van der Waals surface area contributed by atoms with Crippen LogP contribution in [0.3, 0.4) is 0 Å². The highest BCUT2D eigenvalue weighted by molar-refractivity contribution is 6.28. The average Bonchev–Trinajstić information content (AvgIpc) is 3.98. The van der Waals surface area contributed by atoms with E-state index in [0.29, 0.717) is 5.82 Å². The molecule has 0 N–H and O–H groups in total. The molecule has 326 valence electrons. The fraction of sp³-hybridized carbons (Fsp3) is 0. The summed E-state index contributed by atoms with van der Waals surface area (Å²) in [6.45, 7) is 0. The van der Waals surface area contributed by atoms with E-state index in [1.165, 1.54) is 10.8 Å². The van der Waals surface area contributed by atoms with Gasteiger partial charge in [0.25, 0.3) is 0 Å². The van der Waals surface area contributed by atoms with E-state index in [-0.39, 0.29) is 0 Å². The number of hydrogen-bond acceptors (Lipinski definition) is 4. The normalized spacial score (nSPS) is 11.7. The van der Waals surface area contributed by atoms with Crippen LogP contribution in [-0.4, -0.2) is 19.5 Å². The van der Waals surface area contributed by atoms with Gasteiger partial charge in [-0.3, -0.25) is 0 Å². The molecule has 10 aromatic carbocycles. The third-order valence-corrected chi connectivity index (χ3v) is 13.8. The molecule has 0 unspecified atom stereocenters. The lowest BCUT2D eigenvalue weighted by molar-refractivity contribution is 0.669. The quantitative estimate of drug-likeness (QED) is 0.150. The Morgan fingerprint density at radius 3 is 1.61 bits per heavy atom. The highest BCUT2D eigenvalue weighted by atomic mass is 16.3. The smallest absolute Gasteiger partial charge is 0.160 e. The first-order valence-electron chi connectivity index (χ1n) is 23.7. The highest BCUT2D eigenvalue weighted by Gasteiger charge is 2.22. The minimum atomic E-state index is 0.669. The summed E-state index contributed by atoms with van der Waals surface area (Å²) in [6.07, 6.45) is 0. The van der Waals surface area contributed by atoms with Crippen molar-refractivity contribution in [3.05, 3.63) is 243 Å². The molecule has 5 heteroatoms. The van der Waals surface area contributed by atoms with Crippen molar-refractivity contribution in [2.75, 3.05) is 0 Å². The van der Waals surface area contributed by atoms with Crippen molar-refractivity contribution < 1.29 is 4.42 Å². The van der Waals surface area contributed by atoms with E-state index in [4.69, 9.17) is 19.4 Å². The lowest BCUT2D eigenvalue weighted by Gasteiger charge is -2.16. The van der Waals surface area contributed by atoms with Crippen LogP contribution in [0.25, 0.3) is 139 Å². The van der Waals surface area contributed by atoms with Gasteiger partial charge in [0.1, 0.15) is 11.2 Å². The minimum absolute atomic E-state index is 0.669. The second kappa shape index (κ2) is 16.1. The van der Waals surface area contributed by atoms with Crippen molar-refractivity contribution in [3.8, 4) is 73.1 Å². The molecule has 14 aromatic rings. The van der Waals surface area contributed by atoms with Gasteiger partial charge in [-0.05, 0) is 71.3 Å². The van der Waals surface area contributed by atoms with Gasteiger partial charge in [-0.25, -0.2) is 15.0 Å². The summed E-state index contributed by atoms with van der Waals surface area (Å²) in [7, 11) is 0. The predicted molar refractivity (Wildman–Crippen MR) is 289 cm³/mol. The maximum absolute atomic E-state index is 6.68. The largest absolute Gasteiger partial charge is 0.456 e. The lowest BCUT2D eigenvalue weighted by atomic mass is 9.88. The van der Waals surface area contributed by atoms with Gasteiger partial charge in [0.15, 0.2) is 5.82 Å². The summed E-state index contributed by atoms with van der Waals surface area (Å²) in [5.74, 6) is 0.669. The van der Waals surface area contributed by atoms with E-state index in [1.54, 1.807) is 0 Å². The van der Waals surface area contributed by atoms with Gasteiger partial charge in [0, 0.05) is 71.2 Å². The Labute approximate surface area is 403 Å². The molecule has 0 radical (unpaired) electrons. The fourth-order valence-corrected chi connectivity index (χ4v) is 10.6. The zero-order valence-corrected chi connectivity index (χ0v) is 37.8. The van der Waals surface area contributed by atoms with E-state index in [2.05, 4.69) is 229 Å². The van der Waals surface area contributed by atoms with Crippen LogP contribution < -0.4 is 0 Å². The number of furan rings is 1. The van der Waals surface area contributed by atoms with Gasteiger partial charge in [-0.1, -0.05) is 188 Å². The molecule has 0 aliphatic rings. The van der Waals surface area contributed by atoms with Crippen molar-refractivity contribution in [2.24, 2.45) is 0 Å². The number of pyridine rings is 1. The summed E-state index contributed by atoms with van der Waals surface area (Å²) >= 11 is 0. The topological polar surface area (TPSA) is 56.7 Å². The van der Waals surface area contributed by atoms with Crippen molar-refractivity contribution in [1.29, 1.82) is 0 Å². The van der Waals surface area contributed by atoms with Crippen molar-refractivity contribution in [3.63, 3.8) is 0 Å². The molecule has 0 aliphatic carbocycles. The first-order chi connectivity index (χ1) is 34.7. The number of benzene rings is 10. The third kappa shape index (κ3) is 6.51. The van der Waals surface area contributed by atoms with E-state index in [0.717, 1.165) is 122 Å². The fourth-order valence-electron chi connectivity index (χ4n) is 10.6. The van der Waals surface area contributed by atoms with Crippen LogP contribution in [0.4, 0.5) is 0 Å². The second-order valence-electron chi connectivity index (χ2n) is 17.9. The van der Waals surface area contributed by atoms with E-state index in [9.17, 15) is 0 Å². The summed E-state index contributed by atoms with van der Waals surface area (Å²) in [6, 6.07) is 85.5. The van der Waals surface area contributed by atoms with Gasteiger partial charge in [0.2, 0.25) is 0 Å². The molecule has 70 heavy (non-hydrogen) atoms. The summed E-state index contributed by atoms with van der Waals surface area (Å²) < 4.78 is 9.02. The van der Waals surface area contributed by atoms with Crippen LogP contribution in [0.15, 0.2) is 247 Å². The Kier molecular flexibility index (Phi) is 9.14. The molecule has 0 bridgehead atoms. The van der Waals surface area contributed by atoms with Crippen LogP contribution in [0.2, 0.25) is 0 Å². The molecular formula is C65H40N4O. The Balaban J connectivity index is 0.900. The first-order valence-corrected chi connectivity index (χ1v) is 23.7. The second-order valence-corrected chi connectivity index (χ2v) is 17.9. The summed E-state index contributed by atoms with van der Waals surface area (Å²) in [5, 5.41) is 7.95. The molecule has 0 aliphatic heterocycles. The maximum atomic E-state index is 6.68. The minimum Gasteiger partial charge on any atom is -0.456 e. The molecule has 0 fully saturated rings. The standard InChI is InChI=1S/C65H40N4O/c1-3-17-42(18-4-1)55-40-56(68-65(67-55)47-23-16-24-48(38-47)69-57-30-12-8-25-49(57)50-26-9-13-31-58(50)69)43-35-33-41(34-36-43)45-21-15-22-46(37-45)61-62-51-27-7-11-29-54(51)66-64(44-19-5-2-6-20-44)53(62)39-60-63(61)52-28-10-14-32-59(52)70-60/h1-40H. The maximum Gasteiger partial charge on any atom is 0.160 e. The molecule has 0 atom stereocenters. The van der Waals surface area contributed by atoms with Crippen LogP contribution in [0, 0.1) is 0 Å². The molecule has 0 saturated carbocycles. The number of fused-ring (bicyclic) bond motifs is 9. The molecule has 14 rings (SSSR count). The van der Waals surface area contributed by atoms with E-state index in [1.807, 2.05) is 18.2 Å². The van der Waals surface area contributed by atoms with Crippen LogP contribution >= 0.6 is 0 Å². The van der Waals surface area contributed by atoms with Crippen LogP contribution in [0.5, 0.6) is 0 Å². The zero-order valence-electron chi connectivity index (χ0n) is 37.8. The highest BCUT2D eigenvalue weighted by Crippen LogP contribution is 2.47. The molecule has 0 spiro atoms. The first kappa shape index (κ1) is 39.7. The van der Waals surface area contributed by atoms with Gasteiger partial charge in [0.05, 0.1) is 33.6 Å². The predicted octanol–water partition coefficient (Wildman–Crippen LogP) is 17.2. The lowest BCUT2D eigenvalue weighted by Crippen LogP contribution is -1.98. The van der Waals surface area contributed by atoms with Crippen LogP contribution in [0.1, 0.15) is 0 Å². The van der Waals surface area contributed by atoms with Gasteiger partial charge in [-0.2, -0.15) is 0 Å². The number of aromatic nitrogens is 4. The van der Waals surface area contributed by atoms with Crippen molar-refractivity contribution >= 4 is 65.4 Å². The molecule has 0 saturated heterocycles. The Morgan fingerprint density at radius 2 is 0.871 bits per heavy atom. The number of hydrogen-bond donors (Lipinski definition) is 0. The third-order valence-electron chi connectivity index (χ3n) is 13.8. The Hall–Kier alpha value is -9.45. The molecular weight excluding hydrogens is 853 g/mol. The zero-order chi connectivity index (χ0) is 46.1. The van der Waals surface area contributed by atoms with E-state index < -0.39 is 0 Å². The molecule has 5 nitrogen and oxygen atoms in total. The monoisotopic (exact) mass is 892 g/mol. The SMILES string of the molecule is c1ccc(-c2cc(-c3ccc(-c4cccc(-c5c6c(cc7c(-c8ccccc8)nc8ccccc8c57)oc5ccccc56)c4)cc3)nc(-c3cccc(-n4c5ccccc5c5ccccc54)c3)n2)cc1. The number of nitrogens with zero attached hydrogens (tertiary/aromatic N) is 4. The van der Waals surface area contributed by atoms with Crippen molar-refractivity contribution in [1.82, 2.24) is 19.5 Å². The molecule has 4 aromatic heterocycles. The number of rotatable bonds is 7. The average molecular weight is 893 g/mol. The number of para-hydroxylation sites is 4. The Morgan fingerprint density at radius 1 is 0.314 bits per heavy atom. The van der Waals surface area contributed by atoms with Crippen molar-refractivity contribution in [2.45, 2.75) is 0 Å². The van der Waals surface area contributed by atoms with Crippen LogP contribution in [-0.2, 0) is 0 Å². The summed E-state index contributed by atoms with van der Waals surface area (Å²) in [4.78, 5) is 15.8. The van der Waals surface area contributed by atoms with E-state index >= 15 is 0 Å². The molecule has 4 heterocycles. The van der Waals surface area contributed by atoms with Gasteiger partial charge in [-0.15, -0.1) is 0 Å². The Bertz CT molecular complexity index is 4290. The van der Waals surface area contributed by atoms with Gasteiger partial charge >= 0.3 is 0 Å². The van der Waals surface area contributed by atoms with Gasteiger partial charge < -0.3 is 8.98 Å². The summed E-state index contributed by atoms with van der Waals surface area (Å²) in [5.41, 5.74) is 17.2.